The molecule has 1 aliphatic carbocycles. The van der Waals surface area contributed by atoms with Crippen LogP contribution in [0.25, 0.3) is 0 Å². The maximum atomic E-state index is 12.4. The second kappa shape index (κ2) is 5.79. The number of carboxylic acids is 1. The molecule has 0 spiro atoms. The molecule has 0 aromatic carbocycles. The second-order valence-electron chi connectivity index (χ2n) is 4.12. The lowest BCUT2D eigenvalue weighted by atomic mass is 9.97. The summed E-state index contributed by atoms with van der Waals surface area (Å²) in [6.07, 6.45) is -2.53. The van der Waals surface area contributed by atoms with Crippen LogP contribution in [0.15, 0.2) is 0 Å². The van der Waals surface area contributed by atoms with Gasteiger partial charge in [0.05, 0.1) is 7.11 Å². The van der Waals surface area contributed by atoms with Crippen molar-refractivity contribution in [3.63, 3.8) is 0 Å². The van der Waals surface area contributed by atoms with E-state index in [1.54, 1.807) is 0 Å². The average Bonchev–Trinajstić information content (AvgIpc) is 2.74. The molecule has 98 valence electrons. The fourth-order valence-corrected chi connectivity index (χ4v) is 2.15. The zero-order valence-corrected chi connectivity index (χ0v) is 9.36. The van der Waals surface area contributed by atoms with Gasteiger partial charge in [-0.15, -0.1) is 0 Å². The molecular formula is C10H15F2NO4. The Morgan fingerprint density at radius 1 is 1.35 bits per heavy atom. The minimum atomic E-state index is -2.44. The number of halogens is 2. The number of aliphatic carboxylic acids is 1. The third-order valence-electron chi connectivity index (χ3n) is 3.07. The fraction of sp³-hybridized carbons (Fsp3) is 0.800. The van der Waals surface area contributed by atoms with E-state index in [-0.39, 0.29) is 12.8 Å². The number of hydrogen-bond acceptors (Lipinski definition) is 3. The van der Waals surface area contributed by atoms with Crippen LogP contribution >= 0.6 is 0 Å². The molecule has 1 rings (SSSR count). The Hall–Kier alpha value is -1.40. The highest BCUT2D eigenvalue weighted by Gasteiger charge is 2.39. The zero-order valence-electron chi connectivity index (χ0n) is 9.36. The van der Waals surface area contributed by atoms with E-state index in [1.807, 2.05) is 0 Å². The maximum Gasteiger partial charge on any atom is 0.407 e. The van der Waals surface area contributed by atoms with E-state index in [0.717, 1.165) is 7.11 Å². The number of carboxylic acid groups (broad SMARTS) is 1. The molecule has 17 heavy (non-hydrogen) atoms. The van der Waals surface area contributed by atoms with Crippen molar-refractivity contribution in [1.29, 1.82) is 0 Å². The standard InChI is InChI=1S/C10H15F2NO4/c1-17-10(16)13-7(9(14)15)5-2-3-6(4-5)8(11)12/h5-8H,2-4H2,1H3,(H,13,16)(H,14,15)/t5-,6-,7?/m1/s1. The summed E-state index contributed by atoms with van der Waals surface area (Å²) in [6.45, 7) is 0. The first kappa shape index (κ1) is 13.7. The number of carbonyl (C=O) groups excluding carboxylic acids is 1. The van der Waals surface area contributed by atoms with E-state index >= 15 is 0 Å². The van der Waals surface area contributed by atoms with Crippen LogP contribution in [-0.2, 0) is 9.53 Å². The number of carbonyl (C=O) groups is 2. The van der Waals surface area contributed by atoms with Gasteiger partial charge in [-0.3, -0.25) is 0 Å². The third-order valence-corrected chi connectivity index (χ3v) is 3.07. The molecule has 1 unspecified atom stereocenters. The van der Waals surface area contributed by atoms with Crippen LogP contribution in [0.2, 0.25) is 0 Å². The lowest BCUT2D eigenvalue weighted by Gasteiger charge is -2.20. The Balaban J connectivity index is 2.61. The topological polar surface area (TPSA) is 75.6 Å². The van der Waals surface area contributed by atoms with Gasteiger partial charge in [-0.25, -0.2) is 18.4 Å². The van der Waals surface area contributed by atoms with Crippen LogP contribution < -0.4 is 5.32 Å². The van der Waals surface area contributed by atoms with Gasteiger partial charge in [0, 0.05) is 5.92 Å². The van der Waals surface area contributed by atoms with Crippen molar-refractivity contribution in [2.24, 2.45) is 11.8 Å². The Morgan fingerprint density at radius 3 is 2.35 bits per heavy atom. The molecule has 1 aliphatic rings. The average molecular weight is 251 g/mol. The fourth-order valence-electron chi connectivity index (χ4n) is 2.15. The second-order valence-corrected chi connectivity index (χ2v) is 4.12. The molecule has 3 atom stereocenters. The minimum absolute atomic E-state index is 0.110. The molecule has 0 saturated heterocycles. The van der Waals surface area contributed by atoms with E-state index in [1.165, 1.54) is 0 Å². The van der Waals surface area contributed by atoms with Gasteiger partial charge in [-0.05, 0) is 25.2 Å². The SMILES string of the molecule is COC(=O)NC(C(=O)O)[C@@H]1CC[C@@H](C(F)F)C1. The number of alkyl halides is 2. The van der Waals surface area contributed by atoms with Gasteiger partial charge in [-0.2, -0.15) is 0 Å². The zero-order chi connectivity index (χ0) is 13.0. The van der Waals surface area contributed by atoms with Gasteiger partial charge < -0.3 is 15.2 Å². The minimum Gasteiger partial charge on any atom is -0.480 e. The molecular weight excluding hydrogens is 236 g/mol. The van der Waals surface area contributed by atoms with Crippen molar-refractivity contribution in [2.75, 3.05) is 7.11 Å². The van der Waals surface area contributed by atoms with Crippen LogP contribution in [0, 0.1) is 11.8 Å². The quantitative estimate of drug-likeness (QED) is 0.793. The third kappa shape index (κ3) is 3.54. The Morgan fingerprint density at radius 2 is 1.94 bits per heavy atom. The van der Waals surface area contributed by atoms with Crippen molar-refractivity contribution in [1.82, 2.24) is 5.32 Å². The predicted octanol–water partition coefficient (Wildman–Crippen LogP) is 1.48. The summed E-state index contributed by atoms with van der Waals surface area (Å²) < 4.78 is 29.2. The monoisotopic (exact) mass is 251 g/mol. The summed E-state index contributed by atoms with van der Waals surface area (Å²) in [5.41, 5.74) is 0. The molecule has 1 amide bonds. The largest absolute Gasteiger partial charge is 0.480 e. The van der Waals surface area contributed by atoms with Gasteiger partial charge in [-0.1, -0.05) is 0 Å². The summed E-state index contributed by atoms with van der Waals surface area (Å²) in [6, 6.07) is -1.16. The lowest BCUT2D eigenvalue weighted by molar-refractivity contribution is -0.140. The highest BCUT2D eigenvalue weighted by molar-refractivity contribution is 5.80. The van der Waals surface area contributed by atoms with Crippen LogP contribution in [0.4, 0.5) is 13.6 Å². The smallest absolute Gasteiger partial charge is 0.407 e. The van der Waals surface area contributed by atoms with Gasteiger partial charge in [0.1, 0.15) is 6.04 Å². The Labute approximate surface area is 97.1 Å². The summed E-state index contributed by atoms with van der Waals surface area (Å²) >= 11 is 0. The van der Waals surface area contributed by atoms with Gasteiger partial charge >= 0.3 is 12.1 Å². The number of rotatable bonds is 4. The first-order chi connectivity index (χ1) is 7.95. The Kier molecular flexibility index (Phi) is 4.65. The van der Waals surface area contributed by atoms with Crippen LogP contribution in [0.5, 0.6) is 0 Å². The molecule has 5 nitrogen and oxygen atoms in total. The van der Waals surface area contributed by atoms with Crippen molar-refractivity contribution in [3.8, 4) is 0 Å². The molecule has 0 heterocycles. The molecule has 1 fully saturated rings. The molecule has 0 aromatic rings. The van der Waals surface area contributed by atoms with Crippen molar-refractivity contribution < 1.29 is 28.2 Å². The van der Waals surface area contributed by atoms with E-state index in [4.69, 9.17) is 5.11 Å². The van der Waals surface area contributed by atoms with Gasteiger partial charge in [0.2, 0.25) is 6.43 Å². The number of nitrogens with one attached hydrogen (secondary N) is 1. The highest BCUT2D eigenvalue weighted by Crippen LogP contribution is 2.36. The molecule has 2 N–H and O–H groups in total. The van der Waals surface area contributed by atoms with Crippen LogP contribution in [0.1, 0.15) is 19.3 Å². The molecule has 7 heteroatoms. The number of alkyl carbamates (subject to hydrolysis) is 1. The van der Waals surface area contributed by atoms with E-state index in [9.17, 15) is 18.4 Å². The van der Waals surface area contributed by atoms with Gasteiger partial charge in [0.25, 0.3) is 0 Å². The number of methoxy groups -OCH3 is 1. The van der Waals surface area contributed by atoms with E-state index in [0.29, 0.717) is 6.42 Å². The van der Waals surface area contributed by atoms with Crippen LogP contribution in [0.3, 0.4) is 0 Å². The van der Waals surface area contributed by atoms with Crippen molar-refractivity contribution in [2.45, 2.75) is 31.7 Å². The Bertz CT molecular complexity index is 298. The number of hydrogen-bond donors (Lipinski definition) is 2. The summed E-state index contributed by atoms with van der Waals surface area (Å²) in [4.78, 5) is 21.9. The molecule has 0 aliphatic heterocycles. The summed E-state index contributed by atoms with van der Waals surface area (Å²) in [5, 5.41) is 11.1. The molecule has 1 saturated carbocycles. The number of amides is 1. The van der Waals surface area contributed by atoms with Gasteiger partial charge in [0.15, 0.2) is 0 Å². The number of ether oxygens (including phenoxy) is 1. The van der Waals surface area contributed by atoms with E-state index in [2.05, 4.69) is 10.1 Å². The molecule has 0 aromatic heterocycles. The highest BCUT2D eigenvalue weighted by atomic mass is 19.3. The molecule has 0 radical (unpaired) electrons. The van der Waals surface area contributed by atoms with Crippen molar-refractivity contribution in [3.05, 3.63) is 0 Å². The summed E-state index contributed by atoms with van der Waals surface area (Å²) in [5.74, 6) is -2.47. The van der Waals surface area contributed by atoms with E-state index < -0.39 is 36.4 Å². The summed E-state index contributed by atoms with van der Waals surface area (Å²) in [7, 11) is 1.12. The predicted molar refractivity (Wildman–Crippen MR) is 53.8 cm³/mol. The normalized spacial score (nSPS) is 25.6. The van der Waals surface area contributed by atoms with Crippen molar-refractivity contribution >= 4 is 12.1 Å². The first-order valence-electron chi connectivity index (χ1n) is 5.31. The first-order valence-corrected chi connectivity index (χ1v) is 5.31. The van der Waals surface area contributed by atoms with Crippen LogP contribution in [-0.4, -0.2) is 36.7 Å². The maximum absolute atomic E-state index is 12.4. The molecule has 0 bridgehead atoms. The lowest BCUT2D eigenvalue weighted by Crippen LogP contribution is -2.45.